The van der Waals surface area contributed by atoms with Gasteiger partial charge in [-0.1, -0.05) is 43.2 Å². The lowest BCUT2D eigenvalue weighted by Gasteiger charge is -2.55. The van der Waals surface area contributed by atoms with Crippen molar-refractivity contribution >= 4 is 5.78 Å². The van der Waals surface area contributed by atoms with E-state index in [1.165, 1.54) is 5.56 Å². The van der Waals surface area contributed by atoms with E-state index in [9.17, 15) is 4.79 Å². The smallest absolute Gasteiger partial charge is 0.137 e. The van der Waals surface area contributed by atoms with Crippen LogP contribution in [0.4, 0.5) is 0 Å². The number of nitrogens with one attached hydrogen (secondary N) is 1. The lowest BCUT2D eigenvalue weighted by Crippen LogP contribution is -2.63. The van der Waals surface area contributed by atoms with Crippen molar-refractivity contribution in [2.24, 2.45) is 11.8 Å². The Balaban J connectivity index is 2.02. The second-order valence-electron chi connectivity index (χ2n) is 6.26. The molecule has 1 N–H and O–H groups in total. The van der Waals surface area contributed by atoms with Gasteiger partial charge in [0.25, 0.3) is 0 Å². The molecular weight excluding hydrogens is 246 g/mol. The monoisotopic (exact) mass is 267 g/mol. The molecule has 1 aromatic carbocycles. The Bertz CT molecular complexity index is 544. The summed E-state index contributed by atoms with van der Waals surface area (Å²) in [6.07, 6.45) is 8.29. The highest BCUT2D eigenvalue weighted by Gasteiger charge is 2.55. The fourth-order valence-electron chi connectivity index (χ4n) is 4.31. The number of ketones is 1. The van der Waals surface area contributed by atoms with Gasteiger partial charge >= 0.3 is 0 Å². The number of carbonyl (C=O) groups is 1. The van der Waals surface area contributed by atoms with E-state index in [-0.39, 0.29) is 17.4 Å². The molecule has 0 aromatic heterocycles. The molecular formula is C18H21NO. The van der Waals surface area contributed by atoms with Crippen molar-refractivity contribution in [2.45, 2.75) is 37.6 Å². The summed E-state index contributed by atoms with van der Waals surface area (Å²) >= 11 is 0. The molecule has 3 fully saturated rings. The molecule has 0 aliphatic heterocycles. The van der Waals surface area contributed by atoms with Crippen LogP contribution in [0, 0.1) is 24.2 Å². The molecule has 0 radical (unpaired) electrons. The van der Waals surface area contributed by atoms with Gasteiger partial charge in [0.15, 0.2) is 0 Å². The maximum absolute atomic E-state index is 12.3. The van der Waals surface area contributed by atoms with E-state index >= 15 is 0 Å². The first-order chi connectivity index (χ1) is 9.67. The number of rotatable bonds is 3. The average molecular weight is 267 g/mol. The normalized spacial score (nSPS) is 35.8. The van der Waals surface area contributed by atoms with E-state index in [2.05, 4.69) is 42.4 Å². The molecule has 0 spiro atoms. The first-order valence-corrected chi connectivity index (χ1v) is 7.43. The van der Waals surface area contributed by atoms with Gasteiger partial charge in [0.05, 0.1) is 6.54 Å². The Morgan fingerprint density at radius 3 is 2.75 bits per heavy atom. The van der Waals surface area contributed by atoms with Crippen LogP contribution in [0.15, 0.2) is 30.3 Å². The first-order valence-electron chi connectivity index (χ1n) is 7.43. The SMILES string of the molecule is C#CCNC1C2CCC(CC2=O)C1(C)c1ccccc1. The minimum absolute atomic E-state index is 0.00887. The lowest BCUT2D eigenvalue weighted by atomic mass is 9.51. The van der Waals surface area contributed by atoms with Crippen LogP contribution in [0.1, 0.15) is 31.7 Å². The summed E-state index contributed by atoms with van der Waals surface area (Å²) in [5, 5.41) is 3.47. The van der Waals surface area contributed by atoms with Gasteiger partial charge in [-0.3, -0.25) is 4.79 Å². The summed E-state index contributed by atoms with van der Waals surface area (Å²) in [6, 6.07) is 10.8. The van der Waals surface area contributed by atoms with Crippen LogP contribution in [-0.2, 0) is 10.2 Å². The third-order valence-corrected chi connectivity index (χ3v) is 5.40. The van der Waals surface area contributed by atoms with Gasteiger partial charge in [-0.05, 0) is 24.3 Å². The minimum atomic E-state index is 0.00887. The number of Topliss-reactive ketones (excluding diaryl/α,β-unsaturated/α-hetero) is 1. The van der Waals surface area contributed by atoms with Gasteiger partial charge in [0, 0.05) is 23.8 Å². The molecule has 2 bridgehead atoms. The van der Waals surface area contributed by atoms with Gasteiger partial charge < -0.3 is 5.32 Å². The number of carbonyl (C=O) groups excluding carboxylic acids is 1. The summed E-state index contributed by atoms with van der Waals surface area (Å²) in [4.78, 5) is 12.3. The molecule has 0 heterocycles. The molecule has 4 rings (SSSR count). The lowest BCUT2D eigenvalue weighted by molar-refractivity contribution is -0.135. The van der Waals surface area contributed by atoms with Crippen molar-refractivity contribution in [1.29, 1.82) is 0 Å². The van der Waals surface area contributed by atoms with Crippen molar-refractivity contribution in [3.63, 3.8) is 0 Å². The van der Waals surface area contributed by atoms with Gasteiger partial charge in [-0.25, -0.2) is 0 Å². The Morgan fingerprint density at radius 2 is 2.10 bits per heavy atom. The van der Waals surface area contributed by atoms with Crippen molar-refractivity contribution in [2.75, 3.05) is 6.54 Å². The van der Waals surface area contributed by atoms with Gasteiger partial charge in [0.2, 0.25) is 0 Å². The fraction of sp³-hybridized carbons (Fsp3) is 0.500. The Morgan fingerprint density at radius 1 is 1.35 bits per heavy atom. The third-order valence-electron chi connectivity index (χ3n) is 5.40. The first kappa shape index (κ1) is 13.4. The number of benzene rings is 1. The van der Waals surface area contributed by atoms with E-state index in [0.717, 1.165) is 19.3 Å². The standard InChI is InChI=1S/C18H21NO/c1-3-11-19-17-15-10-9-14(12-16(15)20)18(17,2)13-7-5-4-6-8-13/h1,4-8,14-15,17,19H,9-12H2,2H3. The predicted octanol–water partition coefficient (Wildman–Crippen LogP) is 2.53. The highest BCUT2D eigenvalue weighted by molar-refractivity contribution is 5.84. The number of terminal acetylenes is 1. The molecule has 2 nitrogen and oxygen atoms in total. The van der Waals surface area contributed by atoms with Crippen LogP contribution in [-0.4, -0.2) is 18.4 Å². The van der Waals surface area contributed by atoms with E-state index in [0.29, 0.717) is 18.2 Å². The summed E-state index contributed by atoms with van der Waals surface area (Å²) in [5.74, 6) is 3.63. The average Bonchev–Trinajstić information content (AvgIpc) is 2.48. The van der Waals surface area contributed by atoms with E-state index in [1.807, 2.05) is 6.07 Å². The number of fused-ring (bicyclic) bond motifs is 3. The van der Waals surface area contributed by atoms with Gasteiger partial charge in [0.1, 0.15) is 5.78 Å². The Hall–Kier alpha value is -1.59. The number of hydrogen-bond donors (Lipinski definition) is 1. The van der Waals surface area contributed by atoms with Gasteiger partial charge in [-0.2, -0.15) is 0 Å². The van der Waals surface area contributed by atoms with Crippen LogP contribution in [0.3, 0.4) is 0 Å². The number of hydrogen-bond acceptors (Lipinski definition) is 2. The van der Waals surface area contributed by atoms with Crippen LogP contribution in [0.2, 0.25) is 0 Å². The van der Waals surface area contributed by atoms with E-state index in [1.54, 1.807) is 0 Å². The molecule has 0 amide bonds. The molecule has 3 saturated carbocycles. The maximum Gasteiger partial charge on any atom is 0.137 e. The zero-order valence-corrected chi connectivity index (χ0v) is 11.9. The van der Waals surface area contributed by atoms with Crippen LogP contribution < -0.4 is 5.32 Å². The molecule has 2 heteroatoms. The van der Waals surface area contributed by atoms with Crippen molar-refractivity contribution in [3.8, 4) is 12.3 Å². The quantitative estimate of drug-likeness (QED) is 0.853. The molecule has 3 aliphatic rings. The van der Waals surface area contributed by atoms with Crippen LogP contribution in [0.5, 0.6) is 0 Å². The van der Waals surface area contributed by atoms with Crippen LogP contribution >= 0.6 is 0 Å². The third kappa shape index (κ3) is 1.89. The summed E-state index contributed by atoms with van der Waals surface area (Å²) in [5.41, 5.74) is 1.34. The second kappa shape index (κ2) is 5.07. The van der Waals surface area contributed by atoms with E-state index in [4.69, 9.17) is 6.42 Å². The molecule has 1 aromatic rings. The Labute approximate surface area is 121 Å². The second-order valence-corrected chi connectivity index (χ2v) is 6.26. The minimum Gasteiger partial charge on any atom is -0.302 e. The van der Waals surface area contributed by atoms with Crippen molar-refractivity contribution in [3.05, 3.63) is 35.9 Å². The highest BCUT2D eigenvalue weighted by atomic mass is 16.1. The summed E-state index contributed by atoms with van der Waals surface area (Å²) < 4.78 is 0. The molecule has 0 saturated heterocycles. The van der Waals surface area contributed by atoms with Gasteiger partial charge in [-0.15, -0.1) is 6.42 Å². The maximum atomic E-state index is 12.3. The molecule has 3 aliphatic carbocycles. The predicted molar refractivity (Wildman–Crippen MR) is 80.3 cm³/mol. The largest absolute Gasteiger partial charge is 0.302 e. The molecule has 4 unspecified atom stereocenters. The molecule has 4 atom stereocenters. The fourth-order valence-corrected chi connectivity index (χ4v) is 4.31. The topological polar surface area (TPSA) is 29.1 Å². The summed E-state index contributed by atoms with van der Waals surface area (Å²) in [7, 11) is 0. The zero-order chi connectivity index (χ0) is 14.2. The van der Waals surface area contributed by atoms with Crippen molar-refractivity contribution < 1.29 is 4.79 Å². The van der Waals surface area contributed by atoms with E-state index < -0.39 is 0 Å². The van der Waals surface area contributed by atoms with Crippen molar-refractivity contribution in [1.82, 2.24) is 5.32 Å². The summed E-state index contributed by atoms with van der Waals surface area (Å²) in [6.45, 7) is 2.84. The highest BCUT2D eigenvalue weighted by Crippen LogP contribution is 2.52. The Kier molecular flexibility index (Phi) is 3.40. The zero-order valence-electron chi connectivity index (χ0n) is 11.9. The van der Waals surface area contributed by atoms with Crippen LogP contribution in [0.25, 0.3) is 0 Å². The molecule has 20 heavy (non-hydrogen) atoms. The molecule has 104 valence electrons.